The van der Waals surface area contributed by atoms with E-state index in [1.165, 1.54) is 0 Å². The van der Waals surface area contributed by atoms with Crippen LogP contribution >= 0.6 is 24.0 Å². The van der Waals surface area contributed by atoms with Gasteiger partial charge in [-0.25, -0.2) is 0 Å². The zero-order valence-corrected chi connectivity index (χ0v) is 17.1. The number of nitrogens with zero attached hydrogens (tertiary/aromatic N) is 4. The van der Waals surface area contributed by atoms with Gasteiger partial charge in [0.05, 0.1) is 32.1 Å². The van der Waals surface area contributed by atoms with Crippen molar-refractivity contribution in [2.75, 3.05) is 59.1 Å². The summed E-state index contributed by atoms with van der Waals surface area (Å²) in [5, 5.41) is 7.37. The van der Waals surface area contributed by atoms with Crippen LogP contribution in [0.2, 0.25) is 0 Å². The Morgan fingerprint density at radius 3 is 2.80 bits per heavy atom. The van der Waals surface area contributed by atoms with Crippen molar-refractivity contribution in [2.45, 2.75) is 19.6 Å². The quantitative estimate of drug-likeness (QED) is 0.392. The summed E-state index contributed by atoms with van der Waals surface area (Å²) < 4.78 is 16.0. The minimum Gasteiger partial charge on any atom is -0.376 e. The molecule has 1 aromatic heterocycles. The fraction of sp³-hybridized carbons (Fsp3) is 0.750. The molecule has 25 heavy (non-hydrogen) atoms. The van der Waals surface area contributed by atoms with Crippen LogP contribution in [0.25, 0.3) is 0 Å². The van der Waals surface area contributed by atoms with E-state index in [0.717, 1.165) is 50.9 Å². The van der Waals surface area contributed by atoms with Crippen molar-refractivity contribution in [3.05, 3.63) is 18.0 Å². The number of rotatable bonds is 5. The van der Waals surface area contributed by atoms with Crippen LogP contribution in [0, 0.1) is 0 Å². The highest BCUT2D eigenvalue weighted by Crippen LogP contribution is 2.08. The van der Waals surface area contributed by atoms with Crippen molar-refractivity contribution in [3.63, 3.8) is 0 Å². The molecule has 3 rings (SSSR count). The van der Waals surface area contributed by atoms with Crippen molar-refractivity contribution in [1.29, 1.82) is 0 Å². The average Bonchev–Trinajstić information content (AvgIpc) is 3.13. The third-order valence-electron chi connectivity index (χ3n) is 4.21. The van der Waals surface area contributed by atoms with Crippen LogP contribution in [-0.4, -0.2) is 86.1 Å². The maximum Gasteiger partial charge on any atom is 0.194 e. The summed E-state index contributed by atoms with van der Waals surface area (Å²) >= 11 is 0. The Kier molecular flexibility index (Phi) is 8.93. The van der Waals surface area contributed by atoms with Crippen LogP contribution in [0.3, 0.4) is 0 Å². The van der Waals surface area contributed by atoms with Gasteiger partial charge < -0.3 is 24.2 Å². The van der Waals surface area contributed by atoms with E-state index in [1.54, 1.807) is 6.26 Å². The molecule has 2 fully saturated rings. The lowest BCUT2D eigenvalue weighted by Gasteiger charge is -2.36. The van der Waals surface area contributed by atoms with Gasteiger partial charge >= 0.3 is 0 Å². The number of ether oxygens (including phenoxy) is 2. The lowest BCUT2D eigenvalue weighted by Crippen LogP contribution is -2.52. The maximum atomic E-state index is 5.67. The molecule has 2 saturated heterocycles. The molecule has 0 spiro atoms. The highest BCUT2D eigenvalue weighted by molar-refractivity contribution is 14.0. The Balaban J connectivity index is 0.00000225. The van der Waals surface area contributed by atoms with Gasteiger partial charge in [-0.2, -0.15) is 0 Å². The largest absolute Gasteiger partial charge is 0.376 e. The number of hydrogen-bond donors (Lipinski definition) is 1. The number of aliphatic imine (C=N–C) groups is 1. The van der Waals surface area contributed by atoms with E-state index in [-0.39, 0.29) is 30.1 Å². The Labute approximate surface area is 165 Å². The molecule has 1 N–H and O–H groups in total. The van der Waals surface area contributed by atoms with E-state index in [9.17, 15) is 0 Å². The van der Waals surface area contributed by atoms with Crippen LogP contribution in [0.15, 0.2) is 21.8 Å². The van der Waals surface area contributed by atoms with Crippen LogP contribution in [-0.2, 0) is 16.0 Å². The van der Waals surface area contributed by atoms with Crippen molar-refractivity contribution in [1.82, 2.24) is 20.3 Å². The summed E-state index contributed by atoms with van der Waals surface area (Å²) in [6, 6.07) is 1.92. The van der Waals surface area contributed by atoms with Gasteiger partial charge in [0.2, 0.25) is 0 Å². The first-order chi connectivity index (χ1) is 11.8. The molecule has 3 heterocycles. The van der Waals surface area contributed by atoms with Gasteiger partial charge in [-0.05, 0) is 6.92 Å². The zero-order valence-electron chi connectivity index (χ0n) is 14.7. The first-order valence-electron chi connectivity index (χ1n) is 8.69. The normalized spacial score (nSPS) is 22.5. The van der Waals surface area contributed by atoms with Gasteiger partial charge in [-0.1, -0.05) is 5.16 Å². The molecule has 0 aromatic carbocycles. The summed E-state index contributed by atoms with van der Waals surface area (Å²) in [4.78, 5) is 9.44. The third-order valence-corrected chi connectivity index (χ3v) is 4.21. The zero-order chi connectivity index (χ0) is 16.6. The average molecular weight is 465 g/mol. The molecule has 0 aliphatic carbocycles. The molecule has 2 aliphatic rings. The Bertz CT molecular complexity index is 500. The van der Waals surface area contributed by atoms with E-state index in [4.69, 9.17) is 19.0 Å². The van der Waals surface area contributed by atoms with Gasteiger partial charge in [0.25, 0.3) is 0 Å². The molecule has 0 saturated carbocycles. The van der Waals surface area contributed by atoms with Gasteiger partial charge in [0, 0.05) is 45.3 Å². The molecule has 1 unspecified atom stereocenters. The fourth-order valence-electron chi connectivity index (χ4n) is 2.92. The molecule has 0 radical (unpaired) electrons. The molecule has 1 aromatic rings. The highest BCUT2D eigenvalue weighted by Gasteiger charge is 2.21. The summed E-state index contributed by atoms with van der Waals surface area (Å²) in [5.74, 6) is 0.966. The molecule has 0 bridgehead atoms. The second-order valence-electron chi connectivity index (χ2n) is 6.02. The number of aromatic nitrogens is 1. The molecular formula is C16H28IN5O3. The molecular weight excluding hydrogens is 437 g/mol. The van der Waals surface area contributed by atoms with Crippen molar-refractivity contribution < 1.29 is 14.0 Å². The van der Waals surface area contributed by atoms with Crippen molar-refractivity contribution >= 4 is 29.9 Å². The van der Waals surface area contributed by atoms with E-state index < -0.39 is 0 Å². The first-order valence-corrected chi connectivity index (χ1v) is 8.69. The van der Waals surface area contributed by atoms with Crippen molar-refractivity contribution in [2.24, 2.45) is 4.99 Å². The van der Waals surface area contributed by atoms with Gasteiger partial charge in [0.15, 0.2) is 5.96 Å². The molecule has 8 nitrogen and oxygen atoms in total. The smallest absolute Gasteiger partial charge is 0.194 e. The Morgan fingerprint density at radius 1 is 1.32 bits per heavy atom. The lowest BCUT2D eigenvalue weighted by molar-refractivity contribution is -0.0833. The minimum atomic E-state index is 0. The van der Waals surface area contributed by atoms with Gasteiger partial charge in [0.1, 0.15) is 12.4 Å². The van der Waals surface area contributed by atoms with Gasteiger partial charge in [-0.15, -0.1) is 24.0 Å². The van der Waals surface area contributed by atoms with E-state index >= 15 is 0 Å². The van der Waals surface area contributed by atoms with E-state index in [2.05, 4.69) is 27.2 Å². The summed E-state index contributed by atoms with van der Waals surface area (Å²) in [6.07, 6.45) is 1.69. The molecule has 2 aliphatic heterocycles. The number of piperazine rings is 1. The number of nitrogens with one attached hydrogen (secondary N) is 1. The van der Waals surface area contributed by atoms with E-state index in [0.29, 0.717) is 26.4 Å². The Morgan fingerprint density at radius 2 is 2.16 bits per heavy atom. The van der Waals surface area contributed by atoms with Crippen LogP contribution < -0.4 is 5.32 Å². The topological polar surface area (TPSA) is 75.4 Å². The summed E-state index contributed by atoms with van der Waals surface area (Å²) in [7, 11) is 0. The predicted molar refractivity (Wildman–Crippen MR) is 105 cm³/mol. The number of halogens is 1. The second kappa shape index (κ2) is 10.9. The minimum absolute atomic E-state index is 0. The maximum absolute atomic E-state index is 5.67. The number of hydrogen-bond acceptors (Lipinski definition) is 6. The lowest BCUT2D eigenvalue weighted by atomic mass is 10.3. The molecule has 9 heteroatoms. The van der Waals surface area contributed by atoms with Crippen LogP contribution in [0.4, 0.5) is 0 Å². The first kappa shape index (κ1) is 20.4. The van der Waals surface area contributed by atoms with Crippen LogP contribution in [0.1, 0.15) is 12.6 Å². The predicted octanol–water partition coefficient (Wildman–Crippen LogP) is 0.791. The number of guanidine groups is 1. The molecule has 1 atom stereocenters. The molecule has 0 amide bonds. The highest BCUT2D eigenvalue weighted by atomic mass is 127. The summed E-state index contributed by atoms with van der Waals surface area (Å²) in [5.41, 5.74) is 0.985. The third kappa shape index (κ3) is 6.39. The fourth-order valence-corrected chi connectivity index (χ4v) is 2.92. The standard InChI is InChI=1S/C16H27N5O3.HI/c1-2-17-16(18-11-15-13-22-9-10-23-15)21-6-4-20(5-7-21)12-14-3-8-24-19-14;/h3,8,15H,2,4-7,9-13H2,1H3,(H,17,18);1H. The van der Waals surface area contributed by atoms with E-state index in [1.807, 2.05) is 6.07 Å². The van der Waals surface area contributed by atoms with Crippen molar-refractivity contribution in [3.8, 4) is 0 Å². The SMILES string of the molecule is CCNC(=NCC1COCCO1)N1CCN(Cc2ccon2)CC1.I. The van der Waals surface area contributed by atoms with Crippen LogP contribution in [0.5, 0.6) is 0 Å². The Hall–Kier alpha value is -0.910. The van der Waals surface area contributed by atoms with Gasteiger partial charge in [-0.3, -0.25) is 9.89 Å². The molecule has 142 valence electrons. The summed E-state index contributed by atoms with van der Waals surface area (Å²) in [6.45, 7) is 10.3. The second-order valence-corrected chi connectivity index (χ2v) is 6.02. The monoisotopic (exact) mass is 465 g/mol.